The number of hydrogen-bond donors (Lipinski definition) is 1. The number of nitrogens with one attached hydrogen (secondary N) is 1. The number of fused-ring (bicyclic) bond motifs is 1. The van der Waals surface area contributed by atoms with Crippen LogP contribution in [-0.4, -0.2) is 10.9 Å². The second-order valence-corrected chi connectivity index (χ2v) is 6.95. The van der Waals surface area contributed by atoms with Crippen LogP contribution < -0.4 is 5.32 Å². The summed E-state index contributed by atoms with van der Waals surface area (Å²) < 4.78 is 6.79. The molecule has 0 saturated heterocycles. The number of halogens is 1. The Hall–Kier alpha value is -2.92. The van der Waals surface area contributed by atoms with Crippen molar-refractivity contribution in [1.29, 1.82) is 0 Å². The SMILES string of the molecule is Cc1cccc(C(=O)Nc2ccc3oc(-c4cccc(Br)c4)nc3c2)c1. The molecule has 1 aromatic heterocycles. The number of carbonyl (C=O) groups is 1. The van der Waals surface area contributed by atoms with Crippen LogP contribution in [0.25, 0.3) is 22.6 Å². The molecular formula is C21H15BrN2O2. The molecule has 0 radical (unpaired) electrons. The van der Waals surface area contributed by atoms with Crippen LogP contribution in [0.5, 0.6) is 0 Å². The standard InChI is InChI=1S/C21H15BrN2O2/c1-13-4-2-5-14(10-13)20(25)23-17-8-9-19-18(12-17)24-21(26-19)15-6-3-7-16(22)11-15/h2-12H,1H3,(H,23,25). The highest BCUT2D eigenvalue weighted by Crippen LogP contribution is 2.28. The number of aromatic nitrogens is 1. The van der Waals surface area contributed by atoms with E-state index in [0.717, 1.165) is 15.6 Å². The first kappa shape index (κ1) is 16.5. The molecule has 0 saturated carbocycles. The van der Waals surface area contributed by atoms with E-state index >= 15 is 0 Å². The van der Waals surface area contributed by atoms with Gasteiger partial charge in [-0.2, -0.15) is 0 Å². The van der Waals surface area contributed by atoms with Gasteiger partial charge in [0.15, 0.2) is 5.58 Å². The van der Waals surface area contributed by atoms with E-state index in [1.807, 2.05) is 67.6 Å². The highest BCUT2D eigenvalue weighted by molar-refractivity contribution is 9.10. The number of amides is 1. The maximum atomic E-state index is 12.4. The largest absolute Gasteiger partial charge is 0.436 e. The number of nitrogens with zero attached hydrogens (tertiary/aromatic N) is 1. The summed E-state index contributed by atoms with van der Waals surface area (Å²) in [6.07, 6.45) is 0. The molecule has 0 aliphatic rings. The third kappa shape index (κ3) is 3.39. The molecule has 0 unspecified atom stereocenters. The highest BCUT2D eigenvalue weighted by atomic mass is 79.9. The van der Waals surface area contributed by atoms with Crippen molar-refractivity contribution in [1.82, 2.24) is 4.98 Å². The lowest BCUT2D eigenvalue weighted by atomic mass is 10.1. The summed E-state index contributed by atoms with van der Waals surface area (Å²) in [7, 11) is 0. The van der Waals surface area contributed by atoms with Crippen molar-refractivity contribution in [2.45, 2.75) is 6.92 Å². The van der Waals surface area contributed by atoms with Gasteiger partial charge in [-0.15, -0.1) is 0 Å². The van der Waals surface area contributed by atoms with Gasteiger partial charge in [0, 0.05) is 21.3 Å². The summed E-state index contributed by atoms with van der Waals surface area (Å²) in [6, 6.07) is 20.7. The fourth-order valence-electron chi connectivity index (χ4n) is 2.74. The smallest absolute Gasteiger partial charge is 0.255 e. The number of anilines is 1. The van der Waals surface area contributed by atoms with Crippen LogP contribution in [0.4, 0.5) is 5.69 Å². The van der Waals surface area contributed by atoms with Crippen LogP contribution in [0.1, 0.15) is 15.9 Å². The first-order valence-corrected chi connectivity index (χ1v) is 8.92. The molecule has 1 amide bonds. The van der Waals surface area contributed by atoms with Gasteiger partial charge in [0.25, 0.3) is 5.91 Å². The number of aryl methyl sites for hydroxylation is 1. The molecule has 4 nitrogen and oxygen atoms in total. The van der Waals surface area contributed by atoms with Crippen molar-refractivity contribution >= 4 is 38.6 Å². The van der Waals surface area contributed by atoms with Crippen LogP contribution in [0.3, 0.4) is 0 Å². The Morgan fingerprint density at radius 3 is 2.69 bits per heavy atom. The average molecular weight is 407 g/mol. The normalized spacial score (nSPS) is 10.8. The first-order chi connectivity index (χ1) is 12.6. The van der Waals surface area contributed by atoms with Crippen LogP contribution in [0.2, 0.25) is 0 Å². The zero-order valence-electron chi connectivity index (χ0n) is 14.0. The molecule has 0 bridgehead atoms. The lowest BCUT2D eigenvalue weighted by molar-refractivity contribution is 0.102. The summed E-state index contributed by atoms with van der Waals surface area (Å²) in [5.74, 6) is 0.396. The quantitative estimate of drug-likeness (QED) is 0.466. The molecule has 5 heteroatoms. The van der Waals surface area contributed by atoms with E-state index in [9.17, 15) is 4.79 Å². The van der Waals surface area contributed by atoms with Crippen molar-refractivity contribution in [2.75, 3.05) is 5.32 Å². The molecule has 26 heavy (non-hydrogen) atoms. The highest BCUT2D eigenvalue weighted by Gasteiger charge is 2.11. The first-order valence-electron chi connectivity index (χ1n) is 8.13. The molecule has 0 atom stereocenters. The third-order valence-electron chi connectivity index (χ3n) is 4.00. The summed E-state index contributed by atoms with van der Waals surface area (Å²) >= 11 is 3.45. The monoisotopic (exact) mass is 406 g/mol. The second-order valence-electron chi connectivity index (χ2n) is 6.04. The molecular weight excluding hydrogens is 392 g/mol. The molecule has 0 aliphatic heterocycles. The van der Waals surface area contributed by atoms with Gasteiger partial charge in [0.05, 0.1) is 0 Å². The Morgan fingerprint density at radius 1 is 1.04 bits per heavy atom. The second kappa shape index (κ2) is 6.77. The Balaban J connectivity index is 1.62. The van der Waals surface area contributed by atoms with Gasteiger partial charge < -0.3 is 9.73 Å². The zero-order chi connectivity index (χ0) is 18.1. The van der Waals surface area contributed by atoms with E-state index in [4.69, 9.17) is 4.42 Å². The predicted molar refractivity (Wildman–Crippen MR) is 106 cm³/mol. The van der Waals surface area contributed by atoms with Gasteiger partial charge in [-0.3, -0.25) is 4.79 Å². The molecule has 4 aromatic rings. The number of benzene rings is 3. The summed E-state index contributed by atoms with van der Waals surface area (Å²) in [5, 5.41) is 2.91. The van der Waals surface area contributed by atoms with Crippen LogP contribution in [-0.2, 0) is 0 Å². The van der Waals surface area contributed by atoms with E-state index in [1.165, 1.54) is 0 Å². The van der Waals surface area contributed by atoms with Crippen molar-refractivity contribution in [2.24, 2.45) is 0 Å². The summed E-state index contributed by atoms with van der Waals surface area (Å²) in [5.41, 5.74) is 4.61. The Bertz CT molecular complexity index is 1120. The topological polar surface area (TPSA) is 55.1 Å². The van der Waals surface area contributed by atoms with Gasteiger partial charge in [0.2, 0.25) is 5.89 Å². The van der Waals surface area contributed by atoms with E-state index < -0.39 is 0 Å². The molecule has 0 aliphatic carbocycles. The lowest BCUT2D eigenvalue weighted by Gasteiger charge is -2.05. The van der Waals surface area contributed by atoms with E-state index in [0.29, 0.717) is 28.2 Å². The van der Waals surface area contributed by atoms with Crippen LogP contribution in [0, 0.1) is 6.92 Å². The van der Waals surface area contributed by atoms with Gasteiger partial charge >= 0.3 is 0 Å². The van der Waals surface area contributed by atoms with Gasteiger partial charge in [-0.05, 0) is 55.5 Å². The van der Waals surface area contributed by atoms with Crippen LogP contribution in [0.15, 0.2) is 75.6 Å². The summed E-state index contributed by atoms with van der Waals surface area (Å²) in [4.78, 5) is 16.9. The minimum Gasteiger partial charge on any atom is -0.436 e. The Kier molecular flexibility index (Phi) is 4.31. The molecule has 1 heterocycles. The third-order valence-corrected chi connectivity index (χ3v) is 4.49. The van der Waals surface area contributed by atoms with E-state index in [2.05, 4.69) is 26.2 Å². The fraction of sp³-hybridized carbons (Fsp3) is 0.0476. The maximum absolute atomic E-state index is 12.4. The number of oxazole rings is 1. The Labute approximate surface area is 159 Å². The lowest BCUT2D eigenvalue weighted by Crippen LogP contribution is -2.11. The number of carbonyl (C=O) groups excluding carboxylic acids is 1. The minimum atomic E-state index is -0.149. The van der Waals surface area contributed by atoms with E-state index in [-0.39, 0.29) is 5.91 Å². The predicted octanol–water partition coefficient (Wildman–Crippen LogP) is 5.82. The van der Waals surface area contributed by atoms with Gasteiger partial charge in [-0.1, -0.05) is 39.7 Å². The molecule has 4 rings (SSSR count). The molecule has 128 valence electrons. The average Bonchev–Trinajstić information content (AvgIpc) is 3.05. The molecule has 1 N–H and O–H groups in total. The van der Waals surface area contributed by atoms with Gasteiger partial charge in [-0.25, -0.2) is 4.98 Å². The minimum absolute atomic E-state index is 0.149. The zero-order valence-corrected chi connectivity index (χ0v) is 15.6. The number of hydrogen-bond acceptors (Lipinski definition) is 3. The van der Waals surface area contributed by atoms with Gasteiger partial charge in [0.1, 0.15) is 5.52 Å². The molecule has 0 fully saturated rings. The van der Waals surface area contributed by atoms with Crippen molar-refractivity contribution in [3.05, 3.63) is 82.3 Å². The van der Waals surface area contributed by atoms with Crippen molar-refractivity contribution in [3.8, 4) is 11.5 Å². The molecule has 3 aromatic carbocycles. The van der Waals surface area contributed by atoms with Crippen molar-refractivity contribution < 1.29 is 9.21 Å². The number of rotatable bonds is 3. The van der Waals surface area contributed by atoms with Crippen molar-refractivity contribution in [3.63, 3.8) is 0 Å². The summed E-state index contributed by atoms with van der Waals surface area (Å²) in [6.45, 7) is 1.96. The Morgan fingerprint density at radius 2 is 1.88 bits per heavy atom. The fourth-order valence-corrected chi connectivity index (χ4v) is 3.14. The van der Waals surface area contributed by atoms with Crippen LogP contribution >= 0.6 is 15.9 Å². The maximum Gasteiger partial charge on any atom is 0.255 e. The molecule has 0 spiro atoms. The van der Waals surface area contributed by atoms with E-state index in [1.54, 1.807) is 6.07 Å².